The van der Waals surface area contributed by atoms with Gasteiger partial charge in [0, 0.05) is 22.9 Å². The van der Waals surface area contributed by atoms with Crippen LogP contribution in [0.25, 0.3) is 33.7 Å². The number of aromatic nitrogens is 3. The van der Waals surface area contributed by atoms with Crippen molar-refractivity contribution in [2.75, 3.05) is 5.32 Å². The molecule has 5 aromatic rings. The highest BCUT2D eigenvalue weighted by Crippen LogP contribution is 2.24. The standard InChI is InChI=1S/C23H15N5O4/c29-23(16-3-1-14(2-4-16)21-12-24-13-32-21)25-17-7-5-15(6-8-17)22-26-19-10-9-18(27-30)11-20(19)28(22)31/h1-13,31H,(H,25,26,29,30)/p+1. The van der Waals surface area contributed by atoms with Gasteiger partial charge in [0.1, 0.15) is 5.69 Å². The molecule has 9 heteroatoms. The fourth-order valence-corrected chi connectivity index (χ4v) is 3.41. The maximum Gasteiger partial charge on any atom is 0.327 e. The predicted molar refractivity (Wildman–Crippen MR) is 116 cm³/mol. The monoisotopic (exact) mass is 426 g/mol. The van der Waals surface area contributed by atoms with Gasteiger partial charge in [0.15, 0.2) is 17.7 Å². The molecule has 0 bridgehead atoms. The molecule has 0 aliphatic heterocycles. The van der Waals surface area contributed by atoms with E-state index in [-0.39, 0.29) is 11.6 Å². The molecule has 5 rings (SSSR count). The minimum absolute atomic E-state index is 0.220. The zero-order valence-corrected chi connectivity index (χ0v) is 16.5. The Labute approximate surface area is 180 Å². The van der Waals surface area contributed by atoms with E-state index in [2.05, 4.69) is 20.5 Å². The highest BCUT2D eigenvalue weighted by Gasteiger charge is 2.20. The maximum atomic E-state index is 12.6. The van der Waals surface area contributed by atoms with Crippen LogP contribution in [0.2, 0.25) is 0 Å². The summed E-state index contributed by atoms with van der Waals surface area (Å²) in [6.07, 6.45) is 2.96. The third-order valence-corrected chi connectivity index (χ3v) is 5.06. The van der Waals surface area contributed by atoms with Gasteiger partial charge >= 0.3 is 5.82 Å². The summed E-state index contributed by atoms with van der Waals surface area (Å²) < 4.78 is 6.22. The first kappa shape index (κ1) is 19.2. The van der Waals surface area contributed by atoms with Crippen LogP contribution in [0, 0.1) is 4.91 Å². The van der Waals surface area contributed by atoms with Gasteiger partial charge in [-0.05, 0) is 58.4 Å². The molecule has 3 aromatic carbocycles. The van der Waals surface area contributed by atoms with E-state index in [4.69, 9.17) is 4.42 Å². The topological polar surface area (TPSA) is 124 Å². The van der Waals surface area contributed by atoms with Crippen LogP contribution in [0.3, 0.4) is 0 Å². The van der Waals surface area contributed by atoms with E-state index in [0.29, 0.717) is 39.4 Å². The molecule has 2 heterocycles. The van der Waals surface area contributed by atoms with Crippen LogP contribution in [0.15, 0.2) is 88.9 Å². The predicted octanol–water partition coefficient (Wildman–Crippen LogP) is 4.66. The molecule has 0 atom stereocenters. The molecule has 0 saturated heterocycles. The number of aromatic amines is 1. The van der Waals surface area contributed by atoms with Gasteiger partial charge in [0.05, 0.1) is 11.8 Å². The molecule has 2 aromatic heterocycles. The molecule has 0 aliphatic rings. The molecule has 156 valence electrons. The van der Waals surface area contributed by atoms with Crippen LogP contribution in [0.4, 0.5) is 11.4 Å². The zero-order chi connectivity index (χ0) is 22.1. The molecule has 0 spiro atoms. The molecule has 3 N–H and O–H groups in total. The Bertz CT molecular complexity index is 1420. The van der Waals surface area contributed by atoms with Crippen molar-refractivity contribution in [3.05, 3.63) is 89.8 Å². The lowest BCUT2D eigenvalue weighted by molar-refractivity contribution is -0.875. The average molecular weight is 426 g/mol. The third-order valence-electron chi connectivity index (χ3n) is 5.06. The van der Waals surface area contributed by atoms with Crippen molar-refractivity contribution in [3.8, 4) is 22.7 Å². The number of nitroso groups, excluding NO2 is 1. The van der Waals surface area contributed by atoms with E-state index in [0.717, 1.165) is 10.3 Å². The van der Waals surface area contributed by atoms with Crippen molar-refractivity contribution >= 4 is 28.3 Å². The van der Waals surface area contributed by atoms with Gasteiger partial charge in [-0.25, -0.2) is 9.97 Å². The van der Waals surface area contributed by atoms with Crippen LogP contribution in [-0.2, 0) is 0 Å². The second kappa shape index (κ2) is 7.80. The van der Waals surface area contributed by atoms with Crippen LogP contribution >= 0.6 is 0 Å². The molecular formula is C23H16N5O4+. The van der Waals surface area contributed by atoms with Crippen LogP contribution in [-0.4, -0.2) is 21.1 Å². The number of amides is 1. The van der Waals surface area contributed by atoms with Gasteiger partial charge in [0.25, 0.3) is 5.91 Å². The lowest BCUT2D eigenvalue weighted by atomic mass is 10.1. The molecule has 1 amide bonds. The van der Waals surface area contributed by atoms with E-state index >= 15 is 0 Å². The van der Waals surface area contributed by atoms with Gasteiger partial charge in [-0.15, -0.1) is 4.91 Å². The Morgan fingerprint density at radius 1 is 1.03 bits per heavy atom. The molecule has 32 heavy (non-hydrogen) atoms. The summed E-state index contributed by atoms with van der Waals surface area (Å²) in [5.74, 6) is 0.812. The summed E-state index contributed by atoms with van der Waals surface area (Å²) in [6, 6.07) is 18.7. The SMILES string of the molecule is O=Nc1ccc2[nH]c(-c3ccc(NC(=O)c4ccc(-c5cnco5)cc4)cc3)[n+](O)c2c1. The molecule has 0 radical (unpaired) electrons. The Morgan fingerprint density at radius 2 is 1.78 bits per heavy atom. The molecule has 0 unspecified atom stereocenters. The minimum Gasteiger partial charge on any atom is -0.444 e. The number of carbonyl (C=O) groups excluding carboxylic acids is 1. The zero-order valence-electron chi connectivity index (χ0n) is 16.5. The maximum absolute atomic E-state index is 12.6. The molecule has 0 fully saturated rings. The quantitative estimate of drug-likeness (QED) is 0.214. The van der Waals surface area contributed by atoms with Crippen LogP contribution < -0.4 is 10.0 Å². The number of benzene rings is 3. The van der Waals surface area contributed by atoms with E-state index in [1.54, 1.807) is 66.9 Å². The number of nitrogens with zero attached hydrogens (tertiary/aromatic N) is 3. The lowest BCUT2D eigenvalue weighted by Crippen LogP contribution is -2.30. The summed E-state index contributed by atoms with van der Waals surface area (Å²) >= 11 is 0. The second-order valence-corrected chi connectivity index (χ2v) is 7.05. The van der Waals surface area contributed by atoms with Crippen LogP contribution in [0.5, 0.6) is 0 Å². The fourth-order valence-electron chi connectivity index (χ4n) is 3.41. The second-order valence-electron chi connectivity index (χ2n) is 7.05. The van der Waals surface area contributed by atoms with Crippen molar-refractivity contribution in [2.45, 2.75) is 0 Å². The number of anilines is 1. The molecule has 0 aliphatic carbocycles. The number of imidazole rings is 1. The largest absolute Gasteiger partial charge is 0.444 e. The number of carbonyl (C=O) groups is 1. The van der Waals surface area contributed by atoms with Crippen molar-refractivity contribution < 1.29 is 19.1 Å². The average Bonchev–Trinajstić information content (AvgIpc) is 3.48. The minimum atomic E-state index is -0.251. The Morgan fingerprint density at radius 3 is 2.47 bits per heavy atom. The number of H-pyrrole nitrogens is 1. The van der Waals surface area contributed by atoms with E-state index in [1.807, 2.05) is 0 Å². The van der Waals surface area contributed by atoms with Crippen molar-refractivity contribution in [1.29, 1.82) is 0 Å². The normalized spacial score (nSPS) is 10.9. The number of hydrogen-bond donors (Lipinski definition) is 3. The Kier molecular flexibility index (Phi) is 4.68. The number of oxazole rings is 1. The van der Waals surface area contributed by atoms with Gasteiger partial charge in [-0.3, -0.25) is 4.79 Å². The lowest BCUT2D eigenvalue weighted by Gasteiger charge is -2.06. The summed E-state index contributed by atoms with van der Waals surface area (Å²) in [4.78, 5) is 30.3. The molecule has 0 saturated carbocycles. The van der Waals surface area contributed by atoms with Crippen molar-refractivity contribution in [1.82, 2.24) is 9.97 Å². The summed E-state index contributed by atoms with van der Waals surface area (Å²) in [5, 5.41) is 16.2. The van der Waals surface area contributed by atoms with Gasteiger partial charge in [-0.1, -0.05) is 12.1 Å². The number of rotatable bonds is 5. The number of hydrogen-bond acceptors (Lipinski definition) is 6. The molecular weight excluding hydrogens is 410 g/mol. The van der Waals surface area contributed by atoms with Crippen LogP contribution in [0.1, 0.15) is 10.4 Å². The first-order chi connectivity index (χ1) is 15.6. The number of fused-ring (bicyclic) bond motifs is 1. The van der Waals surface area contributed by atoms with E-state index in [1.165, 1.54) is 12.5 Å². The molecule has 9 nitrogen and oxygen atoms in total. The van der Waals surface area contributed by atoms with Gasteiger partial charge in [0.2, 0.25) is 5.52 Å². The summed E-state index contributed by atoms with van der Waals surface area (Å²) in [6.45, 7) is 0. The summed E-state index contributed by atoms with van der Waals surface area (Å²) in [7, 11) is 0. The third kappa shape index (κ3) is 3.47. The Balaban J connectivity index is 1.34. The van der Waals surface area contributed by atoms with Gasteiger partial charge in [-0.2, -0.15) is 0 Å². The van der Waals surface area contributed by atoms with Crippen molar-refractivity contribution in [3.63, 3.8) is 0 Å². The van der Waals surface area contributed by atoms with Gasteiger partial charge < -0.3 is 14.9 Å². The van der Waals surface area contributed by atoms with E-state index < -0.39 is 0 Å². The smallest absolute Gasteiger partial charge is 0.327 e. The highest BCUT2D eigenvalue weighted by atomic mass is 16.5. The Hall–Kier alpha value is -4.79. The first-order valence-electron chi connectivity index (χ1n) is 9.63. The number of nitrogens with one attached hydrogen (secondary N) is 2. The van der Waals surface area contributed by atoms with E-state index in [9.17, 15) is 14.9 Å². The van der Waals surface area contributed by atoms with Crippen molar-refractivity contribution in [2.24, 2.45) is 5.18 Å². The highest BCUT2D eigenvalue weighted by molar-refractivity contribution is 6.04. The fraction of sp³-hybridized carbons (Fsp3) is 0. The summed E-state index contributed by atoms with van der Waals surface area (Å²) in [5.41, 5.74) is 3.93. The first-order valence-corrected chi connectivity index (χ1v) is 9.63.